The fraction of sp³-hybridized carbons (Fsp3) is 0. The summed E-state index contributed by atoms with van der Waals surface area (Å²) in [6, 6.07) is 0. The molecule has 3 rings (SSSR count). The number of hydrogen-bond acceptors (Lipinski definition) is 5. The Bertz CT molecular complexity index is 700. The van der Waals surface area contributed by atoms with E-state index in [1.807, 2.05) is 0 Å². The van der Waals surface area contributed by atoms with E-state index in [2.05, 4.69) is 20.3 Å². The minimum Gasteiger partial charge on any atom is -0.478 e. The Morgan fingerprint density at radius 1 is 1.41 bits per heavy atom. The van der Waals surface area contributed by atoms with Crippen LogP contribution >= 0.6 is 0 Å². The number of aromatic carboxylic acids is 1. The van der Waals surface area contributed by atoms with Crippen molar-refractivity contribution in [1.82, 2.24) is 29.4 Å². The van der Waals surface area contributed by atoms with Gasteiger partial charge in [0.15, 0.2) is 5.82 Å². The van der Waals surface area contributed by atoms with Gasteiger partial charge in [-0.15, -0.1) is 10.2 Å². The zero-order chi connectivity index (χ0) is 11.8. The third-order valence-electron chi connectivity index (χ3n) is 2.24. The highest BCUT2D eigenvalue weighted by molar-refractivity contribution is 5.87. The summed E-state index contributed by atoms with van der Waals surface area (Å²) in [5.41, 5.74) is 0.598. The largest absolute Gasteiger partial charge is 0.478 e. The summed E-state index contributed by atoms with van der Waals surface area (Å²) in [5.74, 6) is -0.609. The van der Waals surface area contributed by atoms with Gasteiger partial charge < -0.3 is 5.11 Å². The summed E-state index contributed by atoms with van der Waals surface area (Å²) in [4.78, 5) is 14.9. The van der Waals surface area contributed by atoms with Crippen molar-refractivity contribution in [1.29, 1.82) is 0 Å². The lowest BCUT2D eigenvalue weighted by Crippen LogP contribution is -2.02. The van der Waals surface area contributed by atoms with Crippen molar-refractivity contribution < 1.29 is 9.90 Å². The Hall–Kier alpha value is -2.77. The molecule has 0 aliphatic rings. The predicted octanol–water partition coefficient (Wildman–Crippen LogP) is 0.00820. The molecule has 0 aliphatic carbocycles. The molecule has 0 saturated heterocycles. The van der Waals surface area contributed by atoms with Crippen LogP contribution in [-0.4, -0.2) is 40.4 Å². The lowest BCUT2D eigenvalue weighted by atomic mass is 10.4. The standard InChI is InChI=1S/C9H6N6O2/c16-9(17)6-3-12-15(4-6)7-8-13-11-5-14(8)2-1-10-7/h1-5H,(H,16,17). The number of carboxylic acid groups (broad SMARTS) is 1. The summed E-state index contributed by atoms with van der Waals surface area (Å²) >= 11 is 0. The van der Waals surface area contributed by atoms with Crippen molar-refractivity contribution in [2.45, 2.75) is 0 Å². The van der Waals surface area contributed by atoms with Crippen LogP contribution in [0.3, 0.4) is 0 Å². The van der Waals surface area contributed by atoms with Gasteiger partial charge in [0.05, 0.1) is 11.8 Å². The van der Waals surface area contributed by atoms with Crippen LogP contribution in [0.1, 0.15) is 10.4 Å². The maximum Gasteiger partial charge on any atom is 0.338 e. The average Bonchev–Trinajstić information content (AvgIpc) is 2.97. The van der Waals surface area contributed by atoms with E-state index in [-0.39, 0.29) is 5.56 Å². The van der Waals surface area contributed by atoms with Crippen molar-refractivity contribution >= 4 is 11.6 Å². The molecule has 3 aromatic rings. The first kappa shape index (κ1) is 9.46. The van der Waals surface area contributed by atoms with E-state index in [0.29, 0.717) is 11.5 Å². The lowest BCUT2D eigenvalue weighted by molar-refractivity contribution is 0.0697. The number of rotatable bonds is 2. The van der Waals surface area contributed by atoms with Crippen molar-refractivity contribution in [3.8, 4) is 5.82 Å². The van der Waals surface area contributed by atoms with Crippen LogP contribution in [0.2, 0.25) is 0 Å². The Kier molecular flexibility index (Phi) is 1.87. The van der Waals surface area contributed by atoms with Crippen molar-refractivity contribution in [3.05, 3.63) is 36.7 Å². The van der Waals surface area contributed by atoms with Gasteiger partial charge in [0.25, 0.3) is 0 Å². The molecule has 8 nitrogen and oxygen atoms in total. The van der Waals surface area contributed by atoms with Crippen LogP contribution in [0.25, 0.3) is 11.5 Å². The maximum absolute atomic E-state index is 10.8. The molecule has 0 unspecified atom stereocenters. The number of hydrogen-bond donors (Lipinski definition) is 1. The fourth-order valence-corrected chi connectivity index (χ4v) is 1.46. The molecular weight excluding hydrogens is 224 g/mol. The first-order valence-corrected chi connectivity index (χ1v) is 4.68. The Labute approximate surface area is 94.2 Å². The van der Waals surface area contributed by atoms with Crippen molar-refractivity contribution in [3.63, 3.8) is 0 Å². The highest BCUT2D eigenvalue weighted by Crippen LogP contribution is 2.10. The van der Waals surface area contributed by atoms with Crippen molar-refractivity contribution in [2.24, 2.45) is 0 Å². The molecule has 0 fully saturated rings. The summed E-state index contributed by atoms with van der Waals surface area (Å²) in [6.45, 7) is 0. The van der Waals surface area contributed by atoms with Crippen LogP contribution in [0, 0.1) is 0 Å². The number of carboxylic acids is 1. The third kappa shape index (κ3) is 1.42. The molecule has 0 atom stereocenters. The molecule has 0 amide bonds. The van der Waals surface area contributed by atoms with E-state index in [0.717, 1.165) is 0 Å². The molecule has 0 spiro atoms. The highest BCUT2D eigenvalue weighted by atomic mass is 16.4. The van der Waals surface area contributed by atoms with E-state index >= 15 is 0 Å². The minimum atomic E-state index is -1.04. The van der Waals surface area contributed by atoms with Gasteiger partial charge >= 0.3 is 5.97 Å². The zero-order valence-electron chi connectivity index (χ0n) is 8.43. The summed E-state index contributed by atoms with van der Waals surface area (Å²) in [7, 11) is 0. The van der Waals surface area contributed by atoms with E-state index in [1.165, 1.54) is 23.4 Å². The Morgan fingerprint density at radius 2 is 2.29 bits per heavy atom. The molecule has 0 radical (unpaired) electrons. The molecule has 8 heteroatoms. The highest BCUT2D eigenvalue weighted by Gasteiger charge is 2.11. The summed E-state index contributed by atoms with van der Waals surface area (Å²) in [5, 5.41) is 20.4. The van der Waals surface area contributed by atoms with Crippen LogP contribution in [0.15, 0.2) is 31.1 Å². The van der Waals surface area contributed by atoms with E-state index in [9.17, 15) is 4.79 Å². The van der Waals surface area contributed by atoms with Crippen LogP contribution in [-0.2, 0) is 0 Å². The van der Waals surface area contributed by atoms with E-state index < -0.39 is 5.97 Å². The number of fused-ring (bicyclic) bond motifs is 1. The molecule has 17 heavy (non-hydrogen) atoms. The van der Waals surface area contributed by atoms with Gasteiger partial charge in [0.2, 0.25) is 5.65 Å². The summed E-state index contributed by atoms with van der Waals surface area (Å²) < 4.78 is 3.03. The molecule has 1 N–H and O–H groups in total. The second kappa shape index (κ2) is 3.37. The van der Waals surface area contributed by atoms with Crippen LogP contribution < -0.4 is 0 Å². The van der Waals surface area contributed by atoms with Gasteiger partial charge in [0, 0.05) is 18.6 Å². The minimum absolute atomic E-state index is 0.0910. The van der Waals surface area contributed by atoms with E-state index in [1.54, 1.807) is 16.8 Å². The molecule has 3 aromatic heterocycles. The SMILES string of the molecule is O=C(O)c1cnn(-c2nccn3cnnc23)c1. The summed E-state index contributed by atoms with van der Waals surface area (Å²) in [6.07, 6.45) is 7.42. The molecule has 0 aromatic carbocycles. The lowest BCUT2D eigenvalue weighted by Gasteiger charge is -2.00. The molecule has 0 bridgehead atoms. The number of carbonyl (C=O) groups is 1. The van der Waals surface area contributed by atoms with Gasteiger partial charge in [0.1, 0.15) is 6.33 Å². The van der Waals surface area contributed by atoms with Gasteiger partial charge in [-0.2, -0.15) is 5.10 Å². The quantitative estimate of drug-likeness (QED) is 0.665. The molecule has 3 heterocycles. The number of nitrogens with zero attached hydrogens (tertiary/aromatic N) is 6. The van der Waals surface area contributed by atoms with Gasteiger partial charge in [-0.25, -0.2) is 14.5 Å². The van der Waals surface area contributed by atoms with Crippen LogP contribution in [0.5, 0.6) is 0 Å². The second-order valence-corrected chi connectivity index (χ2v) is 3.29. The molecular formula is C9H6N6O2. The Balaban J connectivity index is 2.19. The molecule has 0 aliphatic heterocycles. The van der Waals surface area contributed by atoms with Crippen molar-refractivity contribution in [2.75, 3.05) is 0 Å². The van der Waals surface area contributed by atoms with Gasteiger partial charge in [-0.3, -0.25) is 4.40 Å². The normalized spacial score (nSPS) is 10.8. The number of aromatic nitrogens is 6. The second-order valence-electron chi connectivity index (χ2n) is 3.29. The molecule has 84 valence electrons. The monoisotopic (exact) mass is 230 g/mol. The first-order chi connectivity index (χ1) is 8.25. The third-order valence-corrected chi connectivity index (χ3v) is 2.24. The maximum atomic E-state index is 10.8. The van der Waals surface area contributed by atoms with E-state index in [4.69, 9.17) is 5.11 Å². The predicted molar refractivity (Wildman–Crippen MR) is 54.9 cm³/mol. The van der Waals surface area contributed by atoms with Gasteiger partial charge in [-0.05, 0) is 0 Å². The Morgan fingerprint density at radius 3 is 3.06 bits per heavy atom. The first-order valence-electron chi connectivity index (χ1n) is 4.68. The average molecular weight is 230 g/mol. The van der Waals surface area contributed by atoms with Crippen LogP contribution in [0.4, 0.5) is 0 Å². The van der Waals surface area contributed by atoms with Gasteiger partial charge in [-0.1, -0.05) is 0 Å². The fourth-order valence-electron chi connectivity index (χ4n) is 1.46. The smallest absolute Gasteiger partial charge is 0.338 e. The molecule has 0 saturated carbocycles. The topological polar surface area (TPSA) is 98.2 Å². The zero-order valence-corrected chi connectivity index (χ0v) is 8.43.